The first-order valence-corrected chi connectivity index (χ1v) is 7.72. The van der Waals surface area contributed by atoms with Crippen molar-refractivity contribution >= 4 is 11.8 Å². The van der Waals surface area contributed by atoms with Crippen LogP contribution in [0.25, 0.3) is 0 Å². The lowest BCUT2D eigenvalue weighted by atomic mass is 10.1. The summed E-state index contributed by atoms with van der Waals surface area (Å²) in [5.74, 6) is 0.493. The average molecular weight is 312 g/mol. The quantitative estimate of drug-likeness (QED) is 0.851. The predicted molar refractivity (Wildman–Crippen MR) is 85.1 cm³/mol. The van der Waals surface area contributed by atoms with E-state index in [0.717, 1.165) is 11.3 Å². The molecule has 2 amide bonds. The van der Waals surface area contributed by atoms with Gasteiger partial charge in [-0.1, -0.05) is 30.3 Å². The summed E-state index contributed by atoms with van der Waals surface area (Å²) in [5, 5.41) is 0. The minimum atomic E-state index is -0.272. The second kappa shape index (κ2) is 6.69. The number of hydrogen-bond acceptors (Lipinski definition) is 3. The Morgan fingerprint density at radius 3 is 2.74 bits per heavy atom. The zero-order valence-electron chi connectivity index (χ0n) is 13.1. The van der Waals surface area contributed by atoms with Gasteiger partial charge in [0.1, 0.15) is 5.76 Å². The Balaban J connectivity index is 1.58. The van der Waals surface area contributed by atoms with E-state index in [4.69, 9.17) is 4.42 Å². The Morgan fingerprint density at radius 2 is 2.04 bits per heavy atom. The summed E-state index contributed by atoms with van der Waals surface area (Å²) in [6.45, 7) is 1.44. The molecule has 2 heterocycles. The first kappa shape index (κ1) is 15.3. The maximum absolute atomic E-state index is 12.6. The fraction of sp³-hybridized carbons (Fsp3) is 0.333. The highest BCUT2D eigenvalue weighted by Gasteiger charge is 2.35. The van der Waals surface area contributed by atoms with Crippen molar-refractivity contribution < 1.29 is 14.0 Å². The third kappa shape index (κ3) is 3.62. The third-order valence-corrected chi connectivity index (χ3v) is 4.13. The smallest absolute Gasteiger partial charge is 0.228 e. The third-order valence-electron chi connectivity index (χ3n) is 4.13. The van der Waals surface area contributed by atoms with Crippen LogP contribution in [0, 0.1) is 5.92 Å². The summed E-state index contributed by atoms with van der Waals surface area (Å²) in [7, 11) is 1.79. The van der Waals surface area contributed by atoms with Crippen LogP contribution < -0.4 is 0 Å². The van der Waals surface area contributed by atoms with E-state index in [1.807, 2.05) is 36.4 Å². The van der Waals surface area contributed by atoms with Crippen LogP contribution in [0.3, 0.4) is 0 Å². The van der Waals surface area contributed by atoms with Crippen molar-refractivity contribution in [3.8, 4) is 0 Å². The van der Waals surface area contributed by atoms with Crippen molar-refractivity contribution in [2.45, 2.75) is 19.5 Å². The van der Waals surface area contributed by atoms with Gasteiger partial charge >= 0.3 is 0 Å². The van der Waals surface area contributed by atoms with E-state index in [-0.39, 0.29) is 24.2 Å². The van der Waals surface area contributed by atoms with Gasteiger partial charge in [0.05, 0.1) is 18.7 Å². The number of carbonyl (C=O) groups excluding carboxylic acids is 2. The molecular weight excluding hydrogens is 292 g/mol. The molecule has 1 aliphatic rings. The van der Waals surface area contributed by atoms with E-state index in [2.05, 4.69) is 0 Å². The van der Waals surface area contributed by atoms with Crippen LogP contribution in [0.2, 0.25) is 0 Å². The zero-order valence-corrected chi connectivity index (χ0v) is 13.1. The number of furan rings is 1. The molecule has 1 aromatic heterocycles. The van der Waals surface area contributed by atoms with Crippen molar-refractivity contribution in [1.82, 2.24) is 9.80 Å². The molecule has 1 aromatic carbocycles. The molecule has 0 radical (unpaired) electrons. The second-order valence-corrected chi connectivity index (χ2v) is 5.93. The van der Waals surface area contributed by atoms with Crippen LogP contribution in [-0.2, 0) is 22.7 Å². The predicted octanol–water partition coefficient (Wildman–Crippen LogP) is 2.29. The van der Waals surface area contributed by atoms with Gasteiger partial charge < -0.3 is 14.2 Å². The second-order valence-electron chi connectivity index (χ2n) is 5.93. The summed E-state index contributed by atoms with van der Waals surface area (Å²) < 4.78 is 5.28. The molecular formula is C18H20N2O3. The number of carbonyl (C=O) groups is 2. The Morgan fingerprint density at radius 1 is 1.26 bits per heavy atom. The van der Waals surface area contributed by atoms with Crippen molar-refractivity contribution in [1.29, 1.82) is 0 Å². The molecule has 0 N–H and O–H groups in total. The highest BCUT2D eigenvalue weighted by atomic mass is 16.3. The minimum Gasteiger partial charge on any atom is -0.467 e. The van der Waals surface area contributed by atoms with Gasteiger partial charge in [0.2, 0.25) is 11.8 Å². The number of benzene rings is 1. The van der Waals surface area contributed by atoms with Gasteiger partial charge in [-0.25, -0.2) is 0 Å². The summed E-state index contributed by atoms with van der Waals surface area (Å²) in [6.07, 6.45) is 1.87. The molecule has 1 saturated heterocycles. The van der Waals surface area contributed by atoms with Crippen molar-refractivity contribution in [2.24, 2.45) is 5.92 Å². The largest absolute Gasteiger partial charge is 0.467 e. The van der Waals surface area contributed by atoms with E-state index in [0.29, 0.717) is 19.6 Å². The van der Waals surface area contributed by atoms with Gasteiger partial charge in [0, 0.05) is 26.6 Å². The zero-order chi connectivity index (χ0) is 16.2. The SMILES string of the molecule is CN(Cc1ccccc1)C(=O)C1CC(=O)N(Cc2ccco2)C1. The molecule has 0 saturated carbocycles. The number of likely N-dealkylation sites (tertiary alicyclic amines) is 1. The van der Waals surface area contributed by atoms with Crippen molar-refractivity contribution in [3.05, 3.63) is 60.1 Å². The summed E-state index contributed by atoms with van der Waals surface area (Å²) in [5.41, 5.74) is 1.08. The van der Waals surface area contributed by atoms with Crippen LogP contribution in [0.5, 0.6) is 0 Å². The molecule has 5 nitrogen and oxygen atoms in total. The van der Waals surface area contributed by atoms with E-state index in [1.165, 1.54) is 0 Å². The number of rotatable bonds is 5. The monoisotopic (exact) mass is 312 g/mol. The fourth-order valence-electron chi connectivity index (χ4n) is 2.93. The van der Waals surface area contributed by atoms with Gasteiger partial charge in [-0.3, -0.25) is 9.59 Å². The topological polar surface area (TPSA) is 53.8 Å². The summed E-state index contributed by atoms with van der Waals surface area (Å²) in [6, 6.07) is 13.5. The van der Waals surface area contributed by atoms with E-state index < -0.39 is 0 Å². The van der Waals surface area contributed by atoms with Gasteiger partial charge in [-0.05, 0) is 17.7 Å². The van der Waals surface area contributed by atoms with Gasteiger partial charge in [0.15, 0.2) is 0 Å². The van der Waals surface area contributed by atoms with Gasteiger partial charge in [-0.15, -0.1) is 0 Å². The Labute approximate surface area is 135 Å². The van der Waals surface area contributed by atoms with Crippen LogP contribution >= 0.6 is 0 Å². The average Bonchev–Trinajstić information content (AvgIpc) is 3.18. The van der Waals surface area contributed by atoms with Crippen LogP contribution in [0.4, 0.5) is 0 Å². The highest BCUT2D eigenvalue weighted by Crippen LogP contribution is 2.22. The molecule has 1 aliphatic heterocycles. The molecule has 0 spiro atoms. The molecule has 3 rings (SSSR count). The van der Waals surface area contributed by atoms with Gasteiger partial charge in [-0.2, -0.15) is 0 Å². The molecule has 0 aliphatic carbocycles. The standard InChI is InChI=1S/C18H20N2O3/c1-19(11-14-6-3-2-4-7-14)18(22)15-10-17(21)20(12-15)13-16-8-5-9-23-16/h2-9,15H,10-13H2,1H3. The lowest BCUT2D eigenvalue weighted by Gasteiger charge is -2.21. The molecule has 1 fully saturated rings. The number of amides is 2. The molecule has 1 unspecified atom stereocenters. The minimum absolute atomic E-state index is 0.00728. The maximum atomic E-state index is 12.6. The normalized spacial score (nSPS) is 17.5. The summed E-state index contributed by atoms with van der Waals surface area (Å²) in [4.78, 5) is 28.1. The van der Waals surface area contributed by atoms with Gasteiger partial charge in [0.25, 0.3) is 0 Å². The fourth-order valence-corrected chi connectivity index (χ4v) is 2.93. The highest BCUT2D eigenvalue weighted by molar-refractivity contribution is 5.89. The Kier molecular flexibility index (Phi) is 4.46. The van der Waals surface area contributed by atoms with Crippen molar-refractivity contribution in [3.63, 3.8) is 0 Å². The Hall–Kier alpha value is -2.56. The number of hydrogen-bond donors (Lipinski definition) is 0. The lowest BCUT2D eigenvalue weighted by molar-refractivity contribution is -0.135. The first-order chi connectivity index (χ1) is 11.1. The van der Waals surface area contributed by atoms with Crippen LogP contribution in [0.15, 0.2) is 53.1 Å². The maximum Gasteiger partial charge on any atom is 0.228 e. The van der Waals surface area contributed by atoms with Crippen LogP contribution in [0.1, 0.15) is 17.7 Å². The van der Waals surface area contributed by atoms with Crippen LogP contribution in [-0.4, -0.2) is 35.2 Å². The first-order valence-electron chi connectivity index (χ1n) is 7.72. The van der Waals surface area contributed by atoms with E-state index >= 15 is 0 Å². The molecule has 1 atom stereocenters. The molecule has 23 heavy (non-hydrogen) atoms. The van der Waals surface area contributed by atoms with E-state index in [9.17, 15) is 9.59 Å². The number of nitrogens with zero attached hydrogens (tertiary/aromatic N) is 2. The molecule has 5 heteroatoms. The lowest BCUT2D eigenvalue weighted by Crippen LogP contribution is -2.34. The Bertz CT molecular complexity index is 667. The van der Waals surface area contributed by atoms with Crippen molar-refractivity contribution in [2.75, 3.05) is 13.6 Å². The summed E-state index contributed by atoms with van der Waals surface area (Å²) >= 11 is 0. The molecule has 120 valence electrons. The molecule has 0 bridgehead atoms. The van der Waals surface area contributed by atoms with E-state index in [1.54, 1.807) is 29.2 Å². The molecule has 2 aromatic rings.